The molecule has 0 heterocycles. The molecule has 1 rings (SSSR count). The third-order valence-electron chi connectivity index (χ3n) is 2.67. The fourth-order valence-electron chi connectivity index (χ4n) is 1.56. The fourth-order valence-corrected chi connectivity index (χ4v) is 1.56. The van der Waals surface area contributed by atoms with Gasteiger partial charge in [-0.2, -0.15) is 0 Å². The molecule has 1 fully saturated rings. The third-order valence-corrected chi connectivity index (χ3v) is 2.67. The second kappa shape index (κ2) is 5.05. The number of carbonyl (C=O) groups is 1. The van der Waals surface area contributed by atoms with Crippen LogP contribution in [-0.2, 0) is 4.79 Å². The lowest BCUT2D eigenvalue weighted by Crippen LogP contribution is -1.95. The molecule has 0 aliphatic heterocycles. The molecule has 13 heavy (non-hydrogen) atoms. The Labute approximate surface area is 79.6 Å². The summed E-state index contributed by atoms with van der Waals surface area (Å²) in [5.41, 5.74) is 0. The highest BCUT2D eigenvalue weighted by Gasteiger charge is 2.26. The number of hydrogen-bond donors (Lipinski definition) is 1. The Hall–Kier alpha value is -0.790. The molecule has 0 aromatic heterocycles. The van der Waals surface area contributed by atoms with Crippen LogP contribution < -0.4 is 0 Å². The Bertz CT molecular complexity index is 192. The first-order valence-corrected chi connectivity index (χ1v) is 5.07. The van der Waals surface area contributed by atoms with Crippen LogP contribution in [0.3, 0.4) is 0 Å². The first kappa shape index (κ1) is 10.3. The highest BCUT2D eigenvalue weighted by atomic mass is 16.4. The molecule has 0 amide bonds. The summed E-state index contributed by atoms with van der Waals surface area (Å²) >= 11 is 0. The van der Waals surface area contributed by atoms with E-state index in [1.807, 2.05) is 6.08 Å². The lowest BCUT2D eigenvalue weighted by Gasteiger charge is -2.06. The van der Waals surface area contributed by atoms with Gasteiger partial charge in [0.15, 0.2) is 0 Å². The van der Waals surface area contributed by atoms with Gasteiger partial charge in [0, 0.05) is 0 Å². The molecule has 1 N–H and O–H groups in total. The van der Waals surface area contributed by atoms with E-state index < -0.39 is 5.97 Å². The van der Waals surface area contributed by atoms with Crippen LogP contribution in [-0.4, -0.2) is 11.1 Å². The highest BCUT2D eigenvalue weighted by molar-refractivity contribution is 5.68. The lowest BCUT2D eigenvalue weighted by atomic mass is 10.0. The maximum Gasteiger partial charge on any atom is 0.307 e. The van der Waals surface area contributed by atoms with Crippen LogP contribution in [0.2, 0.25) is 0 Å². The van der Waals surface area contributed by atoms with Crippen LogP contribution in [0.1, 0.15) is 39.0 Å². The quantitative estimate of drug-likeness (QED) is 0.641. The van der Waals surface area contributed by atoms with E-state index in [1.54, 1.807) is 6.08 Å². The molecular weight excluding hydrogens is 164 g/mol. The van der Waals surface area contributed by atoms with Crippen molar-refractivity contribution in [1.82, 2.24) is 0 Å². The first-order valence-electron chi connectivity index (χ1n) is 5.07. The van der Waals surface area contributed by atoms with Gasteiger partial charge in [-0.15, -0.1) is 0 Å². The van der Waals surface area contributed by atoms with Crippen molar-refractivity contribution in [1.29, 1.82) is 0 Å². The topological polar surface area (TPSA) is 37.3 Å². The molecule has 0 saturated heterocycles. The predicted octanol–water partition coefficient (Wildman–Crippen LogP) is 2.84. The molecule has 0 spiro atoms. The van der Waals surface area contributed by atoms with Crippen molar-refractivity contribution in [3.05, 3.63) is 12.2 Å². The van der Waals surface area contributed by atoms with Gasteiger partial charge in [0.2, 0.25) is 0 Å². The molecule has 0 aromatic carbocycles. The molecule has 1 aliphatic rings. The van der Waals surface area contributed by atoms with Crippen molar-refractivity contribution in [2.75, 3.05) is 0 Å². The first-order chi connectivity index (χ1) is 6.20. The molecule has 1 aliphatic carbocycles. The van der Waals surface area contributed by atoms with Gasteiger partial charge in [0.25, 0.3) is 0 Å². The van der Waals surface area contributed by atoms with E-state index in [2.05, 4.69) is 6.92 Å². The van der Waals surface area contributed by atoms with Crippen molar-refractivity contribution < 1.29 is 9.90 Å². The number of carboxylic acid groups (broad SMARTS) is 1. The average Bonchev–Trinajstić information content (AvgIpc) is 2.85. The minimum absolute atomic E-state index is 0.164. The minimum atomic E-state index is -0.744. The molecule has 0 aromatic rings. The summed E-state index contributed by atoms with van der Waals surface area (Å²) in [4.78, 5) is 10.2. The normalized spacial score (nSPS) is 19.2. The molecule has 1 unspecified atom stereocenters. The second-order valence-corrected chi connectivity index (χ2v) is 3.96. The largest absolute Gasteiger partial charge is 0.481 e. The summed E-state index contributed by atoms with van der Waals surface area (Å²) in [5.74, 6) is 1.05. The number of rotatable bonds is 6. The lowest BCUT2D eigenvalue weighted by molar-refractivity contribution is -0.136. The Morgan fingerprint density at radius 1 is 1.54 bits per heavy atom. The van der Waals surface area contributed by atoms with Gasteiger partial charge in [-0.1, -0.05) is 19.1 Å². The van der Waals surface area contributed by atoms with E-state index in [4.69, 9.17) is 5.11 Å². The van der Waals surface area contributed by atoms with E-state index in [9.17, 15) is 4.79 Å². The molecule has 0 radical (unpaired) electrons. The van der Waals surface area contributed by atoms with E-state index in [0.717, 1.165) is 18.3 Å². The second-order valence-electron chi connectivity index (χ2n) is 3.96. The zero-order valence-electron chi connectivity index (χ0n) is 8.20. The van der Waals surface area contributed by atoms with Gasteiger partial charge in [-0.05, 0) is 37.5 Å². The number of carboxylic acids is 1. The summed E-state index contributed by atoms with van der Waals surface area (Å²) in [5, 5.41) is 8.37. The Balaban J connectivity index is 1.98. The number of allylic oxidation sites excluding steroid dienone is 1. The van der Waals surface area contributed by atoms with E-state index in [0.29, 0.717) is 0 Å². The van der Waals surface area contributed by atoms with Crippen molar-refractivity contribution in [2.24, 2.45) is 11.8 Å². The SMILES string of the molecule is CC(CC/C=C\CC(=O)O)C1CC1. The zero-order chi connectivity index (χ0) is 9.68. The molecule has 1 saturated carbocycles. The highest BCUT2D eigenvalue weighted by Crippen LogP contribution is 2.38. The van der Waals surface area contributed by atoms with Gasteiger partial charge < -0.3 is 5.11 Å². The van der Waals surface area contributed by atoms with Crippen LogP contribution in [0, 0.1) is 11.8 Å². The summed E-state index contributed by atoms with van der Waals surface area (Å²) in [6.45, 7) is 2.29. The van der Waals surface area contributed by atoms with E-state index >= 15 is 0 Å². The maximum absolute atomic E-state index is 10.2. The van der Waals surface area contributed by atoms with Gasteiger partial charge in [-0.25, -0.2) is 0 Å². The number of hydrogen-bond acceptors (Lipinski definition) is 1. The van der Waals surface area contributed by atoms with E-state index in [1.165, 1.54) is 19.3 Å². The molecule has 2 heteroatoms. The smallest absolute Gasteiger partial charge is 0.307 e. The average molecular weight is 182 g/mol. The summed E-state index contributed by atoms with van der Waals surface area (Å²) < 4.78 is 0. The predicted molar refractivity (Wildman–Crippen MR) is 52.5 cm³/mol. The number of aliphatic carboxylic acids is 1. The molecule has 74 valence electrons. The summed E-state index contributed by atoms with van der Waals surface area (Å²) in [6.07, 6.45) is 8.96. The standard InChI is InChI=1S/C11H18O2/c1-9(10-7-8-10)5-3-2-4-6-11(12)13/h2,4,9-10H,3,5-8H2,1H3,(H,12,13)/b4-2-. The summed E-state index contributed by atoms with van der Waals surface area (Å²) in [7, 11) is 0. The van der Waals surface area contributed by atoms with Gasteiger partial charge in [0.1, 0.15) is 0 Å². The van der Waals surface area contributed by atoms with Crippen LogP contribution in [0.15, 0.2) is 12.2 Å². The van der Waals surface area contributed by atoms with Crippen molar-refractivity contribution >= 4 is 5.97 Å². The Morgan fingerprint density at radius 3 is 2.77 bits per heavy atom. The third kappa shape index (κ3) is 4.71. The maximum atomic E-state index is 10.2. The van der Waals surface area contributed by atoms with Crippen LogP contribution in [0.5, 0.6) is 0 Å². The van der Waals surface area contributed by atoms with Crippen molar-refractivity contribution in [2.45, 2.75) is 39.0 Å². The zero-order valence-corrected chi connectivity index (χ0v) is 8.20. The van der Waals surface area contributed by atoms with Crippen molar-refractivity contribution in [3.8, 4) is 0 Å². The van der Waals surface area contributed by atoms with Gasteiger partial charge in [-0.3, -0.25) is 4.79 Å². The molecule has 1 atom stereocenters. The van der Waals surface area contributed by atoms with Crippen LogP contribution in [0.25, 0.3) is 0 Å². The van der Waals surface area contributed by atoms with Crippen LogP contribution >= 0.6 is 0 Å². The Kier molecular flexibility index (Phi) is 4.00. The van der Waals surface area contributed by atoms with Gasteiger partial charge in [0.05, 0.1) is 6.42 Å². The molecular formula is C11H18O2. The Morgan fingerprint density at radius 2 is 2.23 bits per heavy atom. The van der Waals surface area contributed by atoms with E-state index in [-0.39, 0.29) is 6.42 Å². The monoisotopic (exact) mass is 182 g/mol. The molecule has 0 bridgehead atoms. The molecule has 2 nitrogen and oxygen atoms in total. The van der Waals surface area contributed by atoms with Crippen LogP contribution in [0.4, 0.5) is 0 Å². The minimum Gasteiger partial charge on any atom is -0.481 e. The van der Waals surface area contributed by atoms with Gasteiger partial charge >= 0.3 is 5.97 Å². The fraction of sp³-hybridized carbons (Fsp3) is 0.727. The summed E-state index contributed by atoms with van der Waals surface area (Å²) in [6, 6.07) is 0. The van der Waals surface area contributed by atoms with Crippen molar-refractivity contribution in [3.63, 3.8) is 0 Å².